The van der Waals surface area contributed by atoms with E-state index >= 15 is 0 Å². The Bertz CT molecular complexity index is 268. The van der Waals surface area contributed by atoms with Crippen molar-refractivity contribution in [2.24, 2.45) is 0 Å². The third-order valence-corrected chi connectivity index (χ3v) is 7.70. The summed E-state index contributed by atoms with van der Waals surface area (Å²) in [5.41, 5.74) is 0. The molecule has 0 N–H and O–H groups in total. The van der Waals surface area contributed by atoms with Crippen LogP contribution in [0.5, 0.6) is 0 Å². The average molecular weight is 361 g/mol. The molecule has 0 unspecified atom stereocenters. The Balaban J connectivity index is 3.53. The molecule has 0 aliphatic heterocycles. The average Bonchev–Trinajstić information content (AvgIpc) is 2.59. The summed E-state index contributed by atoms with van der Waals surface area (Å²) in [5.74, 6) is 0. The van der Waals surface area contributed by atoms with E-state index in [1.165, 1.54) is 89.9 Å². The predicted molar refractivity (Wildman–Crippen MR) is 110 cm³/mol. The second kappa shape index (κ2) is 18.0. The molecule has 0 radical (unpaired) electrons. The van der Waals surface area contributed by atoms with Gasteiger partial charge in [-0.25, -0.2) is 0 Å². The van der Waals surface area contributed by atoms with Crippen LogP contribution < -0.4 is 0 Å². The van der Waals surface area contributed by atoms with Crippen molar-refractivity contribution in [3.63, 3.8) is 0 Å². The van der Waals surface area contributed by atoms with E-state index < -0.39 is 7.37 Å². The molecule has 0 heterocycles. The Labute approximate surface area is 153 Å². The van der Waals surface area contributed by atoms with Crippen LogP contribution in [-0.4, -0.2) is 19.4 Å². The van der Waals surface area contributed by atoms with Gasteiger partial charge in [-0.05, 0) is 12.8 Å². The monoisotopic (exact) mass is 360 g/mol. The van der Waals surface area contributed by atoms with E-state index in [9.17, 15) is 4.57 Å². The van der Waals surface area contributed by atoms with Gasteiger partial charge in [-0.1, -0.05) is 104 Å². The Kier molecular flexibility index (Phi) is 18.1. The lowest BCUT2D eigenvalue weighted by atomic mass is 10.1. The standard InChI is InChI=1S/C21H45O2P/c1-4-6-8-10-12-14-16-18-20-24(22,23-3)21-19-17-15-13-11-9-7-5-2/h4-21H2,1-3H3. The zero-order valence-electron chi connectivity index (χ0n) is 17.0. The van der Waals surface area contributed by atoms with E-state index in [2.05, 4.69) is 13.8 Å². The van der Waals surface area contributed by atoms with E-state index in [0.29, 0.717) is 0 Å². The third-order valence-electron chi connectivity index (χ3n) is 5.04. The molecule has 24 heavy (non-hydrogen) atoms. The van der Waals surface area contributed by atoms with Crippen molar-refractivity contribution in [1.29, 1.82) is 0 Å². The highest BCUT2D eigenvalue weighted by molar-refractivity contribution is 7.58. The maximum absolute atomic E-state index is 12.7. The van der Waals surface area contributed by atoms with Gasteiger partial charge in [0.2, 0.25) is 7.37 Å². The van der Waals surface area contributed by atoms with Gasteiger partial charge in [-0.2, -0.15) is 0 Å². The van der Waals surface area contributed by atoms with Crippen LogP contribution in [0.25, 0.3) is 0 Å². The van der Waals surface area contributed by atoms with E-state index in [-0.39, 0.29) is 0 Å². The van der Waals surface area contributed by atoms with Gasteiger partial charge in [0.15, 0.2) is 0 Å². The van der Waals surface area contributed by atoms with Crippen LogP contribution in [0.1, 0.15) is 117 Å². The lowest BCUT2D eigenvalue weighted by Gasteiger charge is -2.16. The number of rotatable bonds is 19. The molecule has 0 aromatic carbocycles. The van der Waals surface area contributed by atoms with Crippen LogP contribution in [0.15, 0.2) is 0 Å². The summed E-state index contributed by atoms with van der Waals surface area (Å²) in [6.45, 7) is 4.52. The first-order valence-electron chi connectivity index (χ1n) is 10.8. The molecule has 0 aromatic heterocycles. The van der Waals surface area contributed by atoms with Gasteiger partial charge in [0.1, 0.15) is 0 Å². The molecule has 0 bridgehead atoms. The van der Waals surface area contributed by atoms with Crippen LogP contribution in [0.3, 0.4) is 0 Å². The molecule has 0 aliphatic carbocycles. The zero-order valence-corrected chi connectivity index (χ0v) is 17.9. The highest BCUT2D eigenvalue weighted by Gasteiger charge is 2.19. The fourth-order valence-corrected chi connectivity index (χ4v) is 5.27. The van der Waals surface area contributed by atoms with Gasteiger partial charge in [-0.15, -0.1) is 0 Å². The summed E-state index contributed by atoms with van der Waals surface area (Å²) in [7, 11) is -0.684. The summed E-state index contributed by atoms with van der Waals surface area (Å²) in [4.78, 5) is 0. The lowest BCUT2D eigenvalue weighted by molar-refractivity contribution is 0.389. The number of unbranched alkanes of at least 4 members (excludes halogenated alkanes) is 14. The van der Waals surface area contributed by atoms with Crippen LogP contribution in [-0.2, 0) is 9.09 Å². The fourth-order valence-electron chi connectivity index (χ4n) is 3.27. The molecule has 146 valence electrons. The largest absolute Gasteiger partial charge is 0.332 e. The van der Waals surface area contributed by atoms with E-state index in [0.717, 1.165) is 25.2 Å². The molecule has 2 nitrogen and oxygen atoms in total. The SMILES string of the molecule is CCCCCCCCCCP(=O)(CCCCCCCCCC)OC. The fraction of sp³-hybridized carbons (Fsp3) is 1.00. The Hall–Kier alpha value is 0.190. The van der Waals surface area contributed by atoms with Gasteiger partial charge in [0.05, 0.1) is 0 Å². The summed E-state index contributed by atoms with van der Waals surface area (Å²) in [6.07, 6.45) is 22.4. The Morgan fingerprint density at radius 3 is 1.12 bits per heavy atom. The maximum Gasteiger partial charge on any atom is 0.202 e. The summed E-state index contributed by atoms with van der Waals surface area (Å²) >= 11 is 0. The lowest BCUT2D eigenvalue weighted by Crippen LogP contribution is -1.99. The summed E-state index contributed by atoms with van der Waals surface area (Å²) < 4.78 is 18.1. The van der Waals surface area contributed by atoms with Crippen LogP contribution in [0.4, 0.5) is 0 Å². The highest BCUT2D eigenvalue weighted by Crippen LogP contribution is 2.47. The van der Waals surface area contributed by atoms with Crippen LogP contribution >= 0.6 is 7.37 Å². The first kappa shape index (κ1) is 24.2. The summed E-state index contributed by atoms with van der Waals surface area (Å²) in [6, 6.07) is 0. The molecule has 0 rings (SSSR count). The molecule has 0 saturated carbocycles. The quantitative estimate of drug-likeness (QED) is 0.171. The maximum atomic E-state index is 12.7. The van der Waals surface area contributed by atoms with Gasteiger partial charge >= 0.3 is 0 Å². The number of hydrogen-bond acceptors (Lipinski definition) is 2. The minimum absolute atomic E-state index is 0.801. The molecular weight excluding hydrogens is 315 g/mol. The Morgan fingerprint density at radius 2 is 0.833 bits per heavy atom. The smallest absolute Gasteiger partial charge is 0.202 e. The normalized spacial score (nSPS) is 12.0. The molecule has 0 saturated heterocycles. The van der Waals surface area contributed by atoms with Gasteiger partial charge in [0.25, 0.3) is 0 Å². The zero-order chi connectivity index (χ0) is 17.9. The molecule has 0 amide bonds. The predicted octanol–water partition coefficient (Wildman–Crippen LogP) is 8.19. The van der Waals surface area contributed by atoms with Gasteiger partial charge < -0.3 is 4.52 Å². The van der Waals surface area contributed by atoms with Gasteiger partial charge in [0, 0.05) is 19.4 Å². The second-order valence-corrected chi connectivity index (χ2v) is 10.3. The van der Waals surface area contributed by atoms with Crippen molar-refractivity contribution in [2.75, 3.05) is 19.4 Å². The first-order chi connectivity index (χ1) is 11.7. The van der Waals surface area contributed by atoms with Crippen molar-refractivity contribution < 1.29 is 9.09 Å². The van der Waals surface area contributed by atoms with E-state index in [1.807, 2.05) is 0 Å². The molecule has 0 fully saturated rings. The van der Waals surface area contributed by atoms with E-state index in [1.54, 1.807) is 7.11 Å². The highest BCUT2D eigenvalue weighted by atomic mass is 31.2. The van der Waals surface area contributed by atoms with Gasteiger partial charge in [-0.3, -0.25) is 4.57 Å². The molecule has 0 atom stereocenters. The Morgan fingerprint density at radius 1 is 0.542 bits per heavy atom. The second-order valence-electron chi connectivity index (χ2n) is 7.39. The number of hydrogen-bond donors (Lipinski definition) is 0. The molecular formula is C21H45O2P. The molecule has 0 spiro atoms. The van der Waals surface area contributed by atoms with Crippen LogP contribution in [0.2, 0.25) is 0 Å². The van der Waals surface area contributed by atoms with Crippen LogP contribution in [0, 0.1) is 0 Å². The van der Waals surface area contributed by atoms with Crippen molar-refractivity contribution in [1.82, 2.24) is 0 Å². The van der Waals surface area contributed by atoms with E-state index in [4.69, 9.17) is 4.52 Å². The minimum atomic E-state index is -2.33. The van der Waals surface area contributed by atoms with Crippen molar-refractivity contribution in [3.8, 4) is 0 Å². The molecule has 0 aromatic rings. The summed E-state index contributed by atoms with van der Waals surface area (Å²) in [5, 5.41) is 0. The first-order valence-corrected chi connectivity index (χ1v) is 12.8. The topological polar surface area (TPSA) is 26.3 Å². The van der Waals surface area contributed by atoms with Crippen molar-refractivity contribution in [2.45, 2.75) is 117 Å². The van der Waals surface area contributed by atoms with Crippen molar-refractivity contribution >= 4 is 7.37 Å². The molecule has 3 heteroatoms. The minimum Gasteiger partial charge on any atom is -0.332 e. The molecule has 0 aliphatic rings. The van der Waals surface area contributed by atoms with Crippen molar-refractivity contribution in [3.05, 3.63) is 0 Å². The third kappa shape index (κ3) is 15.7.